The summed E-state index contributed by atoms with van der Waals surface area (Å²) in [5, 5.41) is 1.93. The van der Waals surface area contributed by atoms with Crippen molar-refractivity contribution in [2.24, 2.45) is 0 Å². The van der Waals surface area contributed by atoms with E-state index in [0.29, 0.717) is 4.88 Å². The Morgan fingerprint density at radius 2 is 2.17 bits per heavy atom. The van der Waals surface area contributed by atoms with Crippen LogP contribution in [0.25, 0.3) is 15.3 Å². The highest BCUT2D eigenvalue weighted by Crippen LogP contribution is 2.29. The lowest BCUT2D eigenvalue weighted by Gasteiger charge is -2.16. The molecule has 24 heavy (non-hydrogen) atoms. The Bertz CT molecular complexity index is 1070. The molecule has 4 aromatic rings. The molecule has 0 radical (unpaired) electrons. The Labute approximate surface area is 143 Å². The number of thiazole rings is 1. The molecule has 0 aliphatic carbocycles. The van der Waals surface area contributed by atoms with Gasteiger partial charge in [-0.05, 0) is 12.1 Å². The van der Waals surface area contributed by atoms with Gasteiger partial charge >= 0.3 is 0 Å². The first-order chi connectivity index (χ1) is 11.5. The monoisotopic (exact) mass is 363 g/mol. The van der Waals surface area contributed by atoms with Crippen molar-refractivity contribution < 1.29 is 13.6 Å². The predicted octanol–water partition coefficient (Wildman–Crippen LogP) is 4.16. The topological polar surface area (TPSA) is 37.6 Å². The number of hydrogen-bond acceptors (Lipinski definition) is 4. The van der Waals surface area contributed by atoms with Crippen LogP contribution in [-0.2, 0) is 6.54 Å². The van der Waals surface area contributed by atoms with Gasteiger partial charge in [0.15, 0.2) is 4.96 Å². The van der Waals surface area contributed by atoms with Gasteiger partial charge in [0.2, 0.25) is 0 Å². The van der Waals surface area contributed by atoms with Gasteiger partial charge in [-0.1, -0.05) is 6.07 Å². The molecule has 0 bridgehead atoms. The van der Waals surface area contributed by atoms with E-state index in [0.717, 1.165) is 21.4 Å². The Morgan fingerprint density at radius 3 is 2.96 bits per heavy atom. The molecule has 1 aromatic carbocycles. The zero-order valence-electron chi connectivity index (χ0n) is 12.5. The number of hydrogen-bond donors (Lipinski definition) is 0. The van der Waals surface area contributed by atoms with Crippen LogP contribution >= 0.6 is 22.7 Å². The van der Waals surface area contributed by atoms with Gasteiger partial charge in [0, 0.05) is 36.8 Å². The second-order valence-electron chi connectivity index (χ2n) is 5.37. The summed E-state index contributed by atoms with van der Waals surface area (Å²) in [6.45, 7) is 0.0709. The lowest BCUT2D eigenvalue weighted by Crippen LogP contribution is -2.25. The van der Waals surface area contributed by atoms with Crippen LogP contribution in [0, 0.1) is 11.6 Å². The fourth-order valence-electron chi connectivity index (χ4n) is 2.52. The first-order valence-electron chi connectivity index (χ1n) is 7.07. The van der Waals surface area contributed by atoms with Gasteiger partial charge in [-0.3, -0.25) is 9.20 Å². The van der Waals surface area contributed by atoms with Crippen LogP contribution in [0.3, 0.4) is 0 Å². The molecule has 3 heterocycles. The normalized spacial score (nSPS) is 11.5. The highest BCUT2D eigenvalue weighted by atomic mass is 32.1. The molecule has 0 saturated heterocycles. The Kier molecular flexibility index (Phi) is 3.58. The lowest BCUT2D eigenvalue weighted by atomic mass is 10.2. The third-order valence-electron chi connectivity index (χ3n) is 3.72. The van der Waals surface area contributed by atoms with Crippen molar-refractivity contribution in [1.29, 1.82) is 0 Å². The first-order valence-corrected chi connectivity index (χ1v) is 8.77. The number of rotatable bonds is 3. The van der Waals surface area contributed by atoms with Crippen LogP contribution in [0.1, 0.15) is 15.2 Å². The molecule has 0 aliphatic heterocycles. The number of nitrogens with zero attached hydrogens (tertiary/aromatic N) is 3. The molecule has 0 spiro atoms. The first kappa shape index (κ1) is 15.2. The number of thiophene rings is 1. The number of carbonyl (C=O) groups is 1. The van der Waals surface area contributed by atoms with E-state index in [1.807, 2.05) is 16.0 Å². The zero-order valence-corrected chi connectivity index (χ0v) is 14.1. The van der Waals surface area contributed by atoms with Gasteiger partial charge < -0.3 is 4.90 Å². The maximum Gasteiger partial charge on any atom is 0.264 e. The summed E-state index contributed by atoms with van der Waals surface area (Å²) >= 11 is 2.84. The molecule has 4 rings (SSSR count). The molecule has 0 aliphatic rings. The summed E-state index contributed by atoms with van der Waals surface area (Å²) in [7, 11) is 1.59. The van der Waals surface area contributed by atoms with E-state index in [9.17, 15) is 13.6 Å². The van der Waals surface area contributed by atoms with Crippen molar-refractivity contribution in [3.8, 4) is 0 Å². The summed E-state index contributed by atoms with van der Waals surface area (Å²) in [4.78, 5) is 20.7. The molecule has 0 fully saturated rings. The number of fused-ring (bicyclic) bond motifs is 3. The van der Waals surface area contributed by atoms with Gasteiger partial charge in [-0.25, -0.2) is 13.8 Å². The fourth-order valence-corrected chi connectivity index (χ4v) is 4.31. The predicted molar refractivity (Wildman–Crippen MR) is 90.6 cm³/mol. The standard InChI is InChI=1S/C16H11F2N3OS2/c1-20(8-9-2-3-10(17)6-11(9)18)15(22)13-7-12-14(24-13)19-16-21(12)4-5-23-16/h2-7H,8H2,1H3. The van der Waals surface area contributed by atoms with E-state index in [-0.39, 0.29) is 18.0 Å². The molecular weight excluding hydrogens is 352 g/mol. The van der Waals surface area contributed by atoms with Crippen molar-refractivity contribution in [1.82, 2.24) is 14.3 Å². The van der Waals surface area contributed by atoms with Crippen LogP contribution in [0.4, 0.5) is 8.78 Å². The number of aromatic nitrogens is 2. The maximum atomic E-state index is 13.7. The number of carbonyl (C=O) groups excluding carboxylic acids is 1. The Morgan fingerprint density at radius 1 is 1.33 bits per heavy atom. The van der Waals surface area contributed by atoms with Crippen molar-refractivity contribution in [3.63, 3.8) is 0 Å². The summed E-state index contributed by atoms with van der Waals surface area (Å²) in [6.07, 6.45) is 1.91. The van der Waals surface area contributed by atoms with Gasteiger partial charge in [0.25, 0.3) is 5.91 Å². The van der Waals surface area contributed by atoms with Crippen LogP contribution in [-0.4, -0.2) is 27.2 Å². The van der Waals surface area contributed by atoms with Gasteiger partial charge in [0.1, 0.15) is 16.5 Å². The number of benzene rings is 1. The average molecular weight is 363 g/mol. The van der Waals surface area contributed by atoms with Gasteiger partial charge in [-0.2, -0.15) is 0 Å². The average Bonchev–Trinajstić information content (AvgIpc) is 3.20. The Hall–Kier alpha value is -2.32. The molecule has 0 atom stereocenters. The number of imidazole rings is 1. The summed E-state index contributed by atoms with van der Waals surface area (Å²) < 4.78 is 28.6. The summed E-state index contributed by atoms with van der Waals surface area (Å²) in [5.41, 5.74) is 1.16. The van der Waals surface area contributed by atoms with Crippen molar-refractivity contribution in [2.45, 2.75) is 6.54 Å². The molecule has 4 nitrogen and oxygen atoms in total. The second kappa shape index (κ2) is 5.64. The van der Waals surface area contributed by atoms with Crippen molar-refractivity contribution in [3.05, 3.63) is 57.9 Å². The SMILES string of the molecule is CN(Cc1ccc(F)cc1F)C(=O)c1cc2c(nc3sccn32)s1. The second-order valence-corrected chi connectivity index (χ2v) is 7.27. The van der Waals surface area contributed by atoms with Gasteiger partial charge in [0.05, 0.1) is 10.4 Å². The third kappa shape index (κ3) is 2.47. The van der Waals surface area contributed by atoms with E-state index in [1.54, 1.807) is 13.1 Å². The Balaban J connectivity index is 1.61. The molecule has 0 saturated carbocycles. The van der Waals surface area contributed by atoms with Crippen LogP contribution in [0.15, 0.2) is 35.8 Å². The molecule has 8 heteroatoms. The van der Waals surface area contributed by atoms with E-state index < -0.39 is 11.6 Å². The number of amides is 1. The molecule has 3 aromatic heterocycles. The molecule has 0 N–H and O–H groups in total. The molecule has 122 valence electrons. The van der Waals surface area contributed by atoms with Crippen molar-refractivity contribution in [2.75, 3.05) is 7.05 Å². The maximum absolute atomic E-state index is 13.7. The van der Waals surface area contributed by atoms with E-state index in [1.165, 1.54) is 39.7 Å². The van der Waals surface area contributed by atoms with E-state index >= 15 is 0 Å². The largest absolute Gasteiger partial charge is 0.337 e. The van der Waals surface area contributed by atoms with E-state index in [4.69, 9.17) is 0 Å². The molecule has 0 unspecified atom stereocenters. The van der Waals surface area contributed by atoms with Gasteiger partial charge in [-0.15, -0.1) is 22.7 Å². The third-order valence-corrected chi connectivity index (χ3v) is 5.48. The minimum atomic E-state index is -0.656. The minimum Gasteiger partial charge on any atom is -0.337 e. The number of halogens is 2. The highest BCUT2D eigenvalue weighted by molar-refractivity contribution is 7.21. The zero-order chi connectivity index (χ0) is 16.8. The summed E-state index contributed by atoms with van der Waals surface area (Å²) in [6, 6.07) is 5.16. The quantitative estimate of drug-likeness (QED) is 0.548. The van der Waals surface area contributed by atoms with Crippen molar-refractivity contribution >= 4 is 43.9 Å². The van der Waals surface area contributed by atoms with Crippen LogP contribution in [0.5, 0.6) is 0 Å². The van der Waals surface area contributed by atoms with E-state index in [2.05, 4.69) is 4.98 Å². The minimum absolute atomic E-state index is 0.0709. The smallest absolute Gasteiger partial charge is 0.264 e. The fraction of sp³-hybridized carbons (Fsp3) is 0.125. The molecular formula is C16H11F2N3OS2. The summed E-state index contributed by atoms with van der Waals surface area (Å²) in [5.74, 6) is -1.51. The van der Waals surface area contributed by atoms with Crippen LogP contribution in [0.2, 0.25) is 0 Å². The van der Waals surface area contributed by atoms with Crippen LogP contribution < -0.4 is 0 Å². The highest BCUT2D eigenvalue weighted by Gasteiger charge is 2.19. The lowest BCUT2D eigenvalue weighted by molar-refractivity contribution is 0.0788. The molecule has 1 amide bonds.